The van der Waals surface area contributed by atoms with E-state index in [9.17, 15) is 4.79 Å². The van der Waals surface area contributed by atoms with Crippen molar-refractivity contribution in [3.63, 3.8) is 0 Å². The Morgan fingerprint density at radius 3 is 2.69 bits per heavy atom. The van der Waals surface area contributed by atoms with Gasteiger partial charge in [-0.15, -0.1) is 0 Å². The second kappa shape index (κ2) is 10.3. The number of nitrogens with one attached hydrogen (secondary N) is 1. The average Bonchev–Trinajstić information content (AvgIpc) is 3.31. The summed E-state index contributed by atoms with van der Waals surface area (Å²) in [6.07, 6.45) is 8.56. The largest absolute Gasteiger partial charge is 0.352 e. The van der Waals surface area contributed by atoms with Crippen LogP contribution >= 0.6 is 11.6 Å². The third kappa shape index (κ3) is 5.35. The van der Waals surface area contributed by atoms with E-state index in [-0.39, 0.29) is 5.91 Å². The summed E-state index contributed by atoms with van der Waals surface area (Å²) in [7, 11) is 1.88. The zero-order valence-electron chi connectivity index (χ0n) is 19.6. The number of fused-ring (bicyclic) bond motifs is 1. The summed E-state index contributed by atoms with van der Waals surface area (Å²) in [5.74, 6) is 1.57. The molecule has 9 nitrogen and oxygen atoms in total. The molecule has 4 heterocycles. The molecule has 1 aliphatic heterocycles. The van der Waals surface area contributed by atoms with Gasteiger partial charge in [-0.05, 0) is 29.7 Å². The molecule has 1 N–H and O–H groups in total. The van der Waals surface area contributed by atoms with E-state index in [0.717, 1.165) is 40.9 Å². The Bertz CT molecular complexity index is 1330. The maximum Gasteiger partial charge on any atom is 0.223 e. The Kier molecular flexibility index (Phi) is 6.76. The molecule has 10 heteroatoms. The van der Waals surface area contributed by atoms with E-state index in [0.29, 0.717) is 43.4 Å². The molecular weight excluding hydrogens is 464 g/mol. The van der Waals surface area contributed by atoms with E-state index in [1.807, 2.05) is 60.9 Å². The molecule has 180 valence electrons. The minimum absolute atomic E-state index is 0.178. The molecule has 0 unspecified atom stereocenters. The number of carbonyl (C=O) groups excluding carboxylic acids is 1. The van der Waals surface area contributed by atoms with Crippen LogP contribution in [0.25, 0.3) is 10.9 Å². The molecule has 1 aliphatic rings. The predicted octanol–water partition coefficient (Wildman–Crippen LogP) is 3.31. The van der Waals surface area contributed by atoms with Crippen LogP contribution in [-0.4, -0.2) is 61.7 Å². The third-order valence-corrected chi connectivity index (χ3v) is 6.57. The molecule has 1 saturated heterocycles. The van der Waals surface area contributed by atoms with Crippen LogP contribution in [0.5, 0.6) is 0 Å². The Morgan fingerprint density at radius 1 is 1.09 bits per heavy atom. The number of carbonyl (C=O) groups is 1. The number of aryl methyl sites for hydroxylation is 2. The smallest absolute Gasteiger partial charge is 0.223 e. The SMILES string of the molecule is Cn1cc(CCC(=O)N2CCN(c3nccc4nc(NCc5ccccc5Cl)ncc34)CC2)cn1. The molecule has 5 rings (SSSR count). The number of rotatable bonds is 7. The predicted molar refractivity (Wildman–Crippen MR) is 136 cm³/mol. The number of benzene rings is 1. The van der Waals surface area contributed by atoms with Crippen molar-refractivity contribution in [2.24, 2.45) is 7.05 Å². The summed E-state index contributed by atoms with van der Waals surface area (Å²) in [4.78, 5) is 30.6. The second-order valence-corrected chi connectivity index (χ2v) is 9.00. The molecule has 3 aromatic heterocycles. The molecule has 0 radical (unpaired) electrons. The molecule has 0 spiro atoms. The summed E-state index contributed by atoms with van der Waals surface area (Å²) >= 11 is 6.25. The monoisotopic (exact) mass is 490 g/mol. The van der Waals surface area contributed by atoms with Crippen LogP contribution in [-0.2, 0) is 24.8 Å². The molecule has 0 bridgehead atoms. The van der Waals surface area contributed by atoms with Gasteiger partial charge in [-0.2, -0.15) is 5.10 Å². The van der Waals surface area contributed by atoms with Crippen LogP contribution in [0.15, 0.2) is 55.1 Å². The van der Waals surface area contributed by atoms with Crippen molar-refractivity contribution in [2.75, 3.05) is 36.4 Å². The van der Waals surface area contributed by atoms with Crippen molar-refractivity contribution in [1.29, 1.82) is 0 Å². The Labute approximate surface area is 208 Å². The van der Waals surface area contributed by atoms with Gasteiger partial charge >= 0.3 is 0 Å². The standard InChI is InChI=1S/C25H27ClN8O/c1-32-17-18(14-30-32)6-7-23(35)33-10-12-34(13-11-33)24-20-16-29-25(31-22(20)8-9-27-24)28-15-19-4-2-3-5-21(19)26/h2-5,8-9,14,16-17H,6-7,10-13,15H2,1H3,(H,28,29,31). The molecule has 4 aromatic rings. The lowest BCUT2D eigenvalue weighted by Crippen LogP contribution is -2.49. The summed E-state index contributed by atoms with van der Waals surface area (Å²) in [6.45, 7) is 3.32. The van der Waals surface area contributed by atoms with Gasteiger partial charge in [0.1, 0.15) is 5.82 Å². The van der Waals surface area contributed by atoms with Crippen molar-refractivity contribution < 1.29 is 4.79 Å². The first-order valence-corrected chi connectivity index (χ1v) is 12.0. The number of hydrogen-bond acceptors (Lipinski definition) is 7. The van der Waals surface area contributed by atoms with Crippen LogP contribution in [0.4, 0.5) is 11.8 Å². The Morgan fingerprint density at radius 2 is 1.91 bits per heavy atom. The van der Waals surface area contributed by atoms with E-state index in [4.69, 9.17) is 11.6 Å². The second-order valence-electron chi connectivity index (χ2n) is 8.60. The lowest BCUT2D eigenvalue weighted by molar-refractivity contribution is -0.131. The minimum atomic E-state index is 0.178. The first-order valence-electron chi connectivity index (χ1n) is 11.7. The van der Waals surface area contributed by atoms with Crippen LogP contribution < -0.4 is 10.2 Å². The molecule has 1 amide bonds. The van der Waals surface area contributed by atoms with Crippen molar-refractivity contribution in [2.45, 2.75) is 19.4 Å². The van der Waals surface area contributed by atoms with Gasteiger partial charge in [-0.25, -0.2) is 15.0 Å². The molecular formula is C25H27ClN8O. The van der Waals surface area contributed by atoms with Gasteiger partial charge < -0.3 is 15.1 Å². The summed E-state index contributed by atoms with van der Waals surface area (Å²) in [5.41, 5.74) is 2.89. The number of piperazine rings is 1. The fraction of sp³-hybridized carbons (Fsp3) is 0.320. The fourth-order valence-corrected chi connectivity index (χ4v) is 4.48. The lowest BCUT2D eigenvalue weighted by atomic mass is 10.1. The molecule has 1 fully saturated rings. The highest BCUT2D eigenvalue weighted by molar-refractivity contribution is 6.31. The van der Waals surface area contributed by atoms with Crippen LogP contribution in [0, 0.1) is 0 Å². The molecule has 0 atom stereocenters. The number of anilines is 2. The highest BCUT2D eigenvalue weighted by Crippen LogP contribution is 2.25. The van der Waals surface area contributed by atoms with Crippen molar-refractivity contribution >= 4 is 40.2 Å². The first-order chi connectivity index (χ1) is 17.1. The summed E-state index contributed by atoms with van der Waals surface area (Å²) in [6, 6.07) is 9.59. The summed E-state index contributed by atoms with van der Waals surface area (Å²) < 4.78 is 1.76. The van der Waals surface area contributed by atoms with Gasteiger partial charge in [0, 0.05) is 69.8 Å². The molecule has 1 aromatic carbocycles. The van der Waals surface area contributed by atoms with E-state index in [2.05, 4.69) is 30.3 Å². The van der Waals surface area contributed by atoms with E-state index in [1.165, 1.54) is 0 Å². The number of nitrogens with zero attached hydrogens (tertiary/aromatic N) is 7. The number of halogens is 1. The van der Waals surface area contributed by atoms with Crippen LogP contribution in [0.1, 0.15) is 17.5 Å². The average molecular weight is 491 g/mol. The highest BCUT2D eigenvalue weighted by Gasteiger charge is 2.23. The molecule has 0 saturated carbocycles. The van der Waals surface area contributed by atoms with Crippen LogP contribution in [0.2, 0.25) is 5.02 Å². The maximum atomic E-state index is 12.7. The maximum absolute atomic E-state index is 12.7. The number of pyridine rings is 1. The number of hydrogen-bond donors (Lipinski definition) is 1. The fourth-order valence-electron chi connectivity index (χ4n) is 4.27. The van der Waals surface area contributed by atoms with Gasteiger partial charge in [0.15, 0.2) is 0 Å². The molecule has 0 aliphatic carbocycles. The van der Waals surface area contributed by atoms with E-state index < -0.39 is 0 Å². The normalized spacial score (nSPS) is 13.9. The van der Waals surface area contributed by atoms with Gasteiger partial charge in [-0.3, -0.25) is 9.48 Å². The van der Waals surface area contributed by atoms with Crippen molar-refractivity contribution in [3.8, 4) is 0 Å². The van der Waals surface area contributed by atoms with Crippen LogP contribution in [0.3, 0.4) is 0 Å². The van der Waals surface area contributed by atoms with Crippen molar-refractivity contribution in [1.82, 2.24) is 29.6 Å². The zero-order valence-corrected chi connectivity index (χ0v) is 20.3. The molecule has 35 heavy (non-hydrogen) atoms. The van der Waals surface area contributed by atoms with Crippen molar-refractivity contribution in [3.05, 3.63) is 71.3 Å². The Hall–Kier alpha value is -3.72. The quantitative estimate of drug-likeness (QED) is 0.425. The number of aromatic nitrogens is 5. The first kappa shape index (κ1) is 23.0. The van der Waals surface area contributed by atoms with Gasteiger partial charge in [0.25, 0.3) is 0 Å². The highest BCUT2D eigenvalue weighted by atomic mass is 35.5. The van der Waals surface area contributed by atoms with E-state index >= 15 is 0 Å². The minimum Gasteiger partial charge on any atom is -0.352 e. The lowest BCUT2D eigenvalue weighted by Gasteiger charge is -2.35. The van der Waals surface area contributed by atoms with Gasteiger partial charge in [-0.1, -0.05) is 29.8 Å². The summed E-state index contributed by atoms with van der Waals surface area (Å²) in [5, 5.41) is 9.02. The van der Waals surface area contributed by atoms with Gasteiger partial charge in [0.2, 0.25) is 11.9 Å². The van der Waals surface area contributed by atoms with Gasteiger partial charge in [0.05, 0.1) is 17.1 Å². The zero-order chi connectivity index (χ0) is 24.2. The Balaban J connectivity index is 1.20. The third-order valence-electron chi connectivity index (χ3n) is 6.20. The topological polar surface area (TPSA) is 92.1 Å². The van der Waals surface area contributed by atoms with E-state index in [1.54, 1.807) is 10.9 Å². The number of amides is 1.